The number of benzene rings is 2. The molecule has 164 valence electrons. The first-order chi connectivity index (χ1) is 16.0. The number of amides is 1. The first-order valence-electron chi connectivity index (χ1n) is 9.79. The maximum atomic E-state index is 13.1. The summed E-state index contributed by atoms with van der Waals surface area (Å²) in [6.45, 7) is 0. The van der Waals surface area contributed by atoms with Gasteiger partial charge in [-0.15, -0.1) is 11.8 Å². The Labute approximate surface area is 192 Å². The lowest BCUT2D eigenvalue weighted by molar-refractivity contribution is -0.384. The third kappa shape index (κ3) is 5.13. The van der Waals surface area contributed by atoms with E-state index in [0.29, 0.717) is 16.4 Å². The average molecular weight is 459 g/mol. The molecule has 0 saturated carbocycles. The molecule has 1 N–H and O–H groups in total. The summed E-state index contributed by atoms with van der Waals surface area (Å²) >= 11 is 1.39. The molecule has 0 radical (unpaired) electrons. The van der Waals surface area contributed by atoms with Gasteiger partial charge < -0.3 is 0 Å². The Bertz CT molecular complexity index is 1420. The number of nitrogens with one attached hydrogen (secondary N) is 1. The highest BCUT2D eigenvalue weighted by Gasteiger charge is 2.13. The number of pyridine rings is 1. The molecule has 33 heavy (non-hydrogen) atoms. The Hall–Kier alpha value is -4.31. The van der Waals surface area contributed by atoms with Crippen LogP contribution in [-0.2, 0) is 5.75 Å². The lowest BCUT2D eigenvalue weighted by Crippen LogP contribution is -2.23. The molecule has 9 nitrogen and oxygen atoms in total. The van der Waals surface area contributed by atoms with Crippen LogP contribution in [0.2, 0.25) is 0 Å². The standard InChI is InChI=1S/C23H17N5O4S/c29-21(17-9-6-10-18(13-17)28(31)32)26-24-14-19-22(33-15-16-7-2-1-3-8-16)25-20-11-4-5-12-27(20)23(19)30/h1-14H,15H2,(H,26,29)/b24-14-. The predicted octanol–water partition coefficient (Wildman–Crippen LogP) is 3.66. The van der Waals surface area contributed by atoms with Crippen LogP contribution in [0.25, 0.3) is 5.65 Å². The van der Waals surface area contributed by atoms with Crippen molar-refractivity contribution in [3.8, 4) is 0 Å². The van der Waals surface area contributed by atoms with E-state index in [9.17, 15) is 19.7 Å². The van der Waals surface area contributed by atoms with E-state index in [1.54, 1.807) is 24.4 Å². The van der Waals surface area contributed by atoms with E-state index < -0.39 is 10.8 Å². The van der Waals surface area contributed by atoms with Crippen LogP contribution < -0.4 is 11.0 Å². The molecule has 4 rings (SSSR count). The Balaban J connectivity index is 1.61. The van der Waals surface area contributed by atoms with E-state index in [-0.39, 0.29) is 22.4 Å². The molecule has 0 atom stereocenters. The topological polar surface area (TPSA) is 119 Å². The van der Waals surface area contributed by atoms with Crippen LogP contribution >= 0.6 is 11.8 Å². The molecular formula is C23H17N5O4S. The van der Waals surface area contributed by atoms with E-state index in [4.69, 9.17) is 0 Å². The number of thioether (sulfide) groups is 1. The second kappa shape index (κ2) is 9.88. The minimum absolute atomic E-state index is 0.0772. The quantitative estimate of drug-likeness (QED) is 0.148. The summed E-state index contributed by atoms with van der Waals surface area (Å²) in [5.41, 5.74) is 3.64. The Kier molecular flexibility index (Phi) is 6.56. The number of hydrogen-bond donors (Lipinski definition) is 1. The molecule has 1 amide bonds. The SMILES string of the molecule is O=C(N/N=C\c1c(SCc2ccccc2)nc2ccccn2c1=O)c1cccc([N+](=O)[O-])c1. The largest absolute Gasteiger partial charge is 0.271 e. The zero-order valence-corrected chi connectivity index (χ0v) is 17.9. The van der Waals surface area contributed by atoms with Gasteiger partial charge in [-0.1, -0.05) is 42.5 Å². The number of carbonyl (C=O) groups excluding carboxylic acids is 1. The van der Waals surface area contributed by atoms with Crippen LogP contribution in [0.4, 0.5) is 5.69 Å². The fourth-order valence-electron chi connectivity index (χ4n) is 3.01. The lowest BCUT2D eigenvalue weighted by atomic mass is 10.2. The number of non-ortho nitro benzene ring substituents is 1. The maximum absolute atomic E-state index is 13.1. The van der Waals surface area contributed by atoms with E-state index in [2.05, 4.69) is 15.5 Å². The monoisotopic (exact) mass is 459 g/mol. The molecule has 0 bridgehead atoms. The molecule has 0 fully saturated rings. The van der Waals surface area contributed by atoms with Gasteiger partial charge in [0.25, 0.3) is 17.2 Å². The van der Waals surface area contributed by atoms with Crippen LogP contribution in [0.5, 0.6) is 0 Å². The van der Waals surface area contributed by atoms with Gasteiger partial charge in [-0.3, -0.25) is 24.1 Å². The summed E-state index contributed by atoms with van der Waals surface area (Å²) in [4.78, 5) is 40.3. The second-order valence-electron chi connectivity index (χ2n) is 6.85. The van der Waals surface area contributed by atoms with E-state index >= 15 is 0 Å². The van der Waals surface area contributed by atoms with E-state index in [0.717, 1.165) is 11.6 Å². The average Bonchev–Trinajstić information content (AvgIpc) is 2.85. The number of nitro groups is 1. The minimum Gasteiger partial charge on any atom is -0.268 e. The predicted molar refractivity (Wildman–Crippen MR) is 126 cm³/mol. The summed E-state index contributed by atoms with van der Waals surface area (Å²) < 4.78 is 1.40. The summed E-state index contributed by atoms with van der Waals surface area (Å²) in [5, 5.41) is 15.3. The van der Waals surface area contributed by atoms with E-state index in [1.165, 1.54) is 40.6 Å². The van der Waals surface area contributed by atoms with Gasteiger partial charge in [0.2, 0.25) is 0 Å². The Morgan fingerprint density at radius 2 is 1.91 bits per heavy atom. The molecule has 2 heterocycles. The van der Waals surface area contributed by atoms with Crippen LogP contribution in [0.3, 0.4) is 0 Å². The number of aromatic nitrogens is 2. The van der Waals surface area contributed by atoms with Crippen molar-refractivity contribution >= 4 is 35.2 Å². The van der Waals surface area contributed by atoms with Gasteiger partial charge >= 0.3 is 0 Å². The van der Waals surface area contributed by atoms with E-state index in [1.807, 2.05) is 30.3 Å². The fourth-order valence-corrected chi connectivity index (χ4v) is 3.96. The van der Waals surface area contributed by atoms with Crippen LogP contribution in [-0.4, -0.2) is 26.4 Å². The molecule has 0 saturated heterocycles. The first kappa shape index (κ1) is 21.9. The maximum Gasteiger partial charge on any atom is 0.271 e. The number of fused-ring (bicyclic) bond motifs is 1. The smallest absolute Gasteiger partial charge is 0.268 e. The van der Waals surface area contributed by atoms with Gasteiger partial charge in [-0.25, -0.2) is 10.4 Å². The summed E-state index contributed by atoms with van der Waals surface area (Å²) in [6, 6.07) is 20.3. The van der Waals surface area contributed by atoms with Crippen molar-refractivity contribution < 1.29 is 9.72 Å². The van der Waals surface area contributed by atoms with Crippen LogP contribution in [0.1, 0.15) is 21.5 Å². The van der Waals surface area contributed by atoms with Crippen molar-refractivity contribution in [2.45, 2.75) is 10.8 Å². The van der Waals surface area contributed by atoms with Gasteiger partial charge in [0.05, 0.1) is 16.7 Å². The molecule has 0 unspecified atom stereocenters. The molecule has 10 heteroatoms. The first-order valence-corrected chi connectivity index (χ1v) is 10.8. The lowest BCUT2D eigenvalue weighted by Gasteiger charge is -2.08. The van der Waals surface area contributed by atoms with Crippen molar-refractivity contribution in [1.82, 2.24) is 14.8 Å². The minimum atomic E-state index is -0.637. The van der Waals surface area contributed by atoms with Crippen molar-refractivity contribution in [3.05, 3.63) is 116 Å². The Morgan fingerprint density at radius 1 is 1.12 bits per heavy atom. The number of nitrogens with zero attached hydrogens (tertiary/aromatic N) is 4. The van der Waals surface area contributed by atoms with Crippen molar-refractivity contribution in [2.75, 3.05) is 0 Å². The highest BCUT2D eigenvalue weighted by atomic mass is 32.2. The number of rotatable bonds is 7. The third-order valence-electron chi connectivity index (χ3n) is 4.63. The number of nitro benzene ring substituents is 1. The van der Waals surface area contributed by atoms with Gasteiger partial charge in [0, 0.05) is 29.6 Å². The molecule has 0 spiro atoms. The van der Waals surface area contributed by atoms with Gasteiger partial charge in [-0.05, 0) is 23.8 Å². The summed E-state index contributed by atoms with van der Waals surface area (Å²) in [5.74, 6) is -0.0424. The van der Waals surface area contributed by atoms with Gasteiger partial charge in [0.15, 0.2) is 0 Å². The van der Waals surface area contributed by atoms with Crippen molar-refractivity contribution in [2.24, 2.45) is 5.10 Å². The van der Waals surface area contributed by atoms with Crippen LogP contribution in [0, 0.1) is 10.1 Å². The zero-order chi connectivity index (χ0) is 23.2. The number of hydrogen-bond acceptors (Lipinski definition) is 7. The summed E-state index contributed by atoms with van der Waals surface area (Å²) in [7, 11) is 0. The second-order valence-corrected chi connectivity index (χ2v) is 7.81. The molecule has 2 aromatic carbocycles. The zero-order valence-electron chi connectivity index (χ0n) is 17.1. The van der Waals surface area contributed by atoms with Crippen molar-refractivity contribution in [1.29, 1.82) is 0 Å². The summed E-state index contributed by atoms with van der Waals surface area (Å²) in [6.07, 6.45) is 2.85. The van der Waals surface area contributed by atoms with Gasteiger partial charge in [0.1, 0.15) is 10.7 Å². The van der Waals surface area contributed by atoms with Crippen LogP contribution in [0.15, 0.2) is 93.9 Å². The highest BCUT2D eigenvalue weighted by molar-refractivity contribution is 7.98. The normalized spacial score (nSPS) is 11.0. The Morgan fingerprint density at radius 3 is 2.70 bits per heavy atom. The molecule has 4 aromatic rings. The molecule has 2 aromatic heterocycles. The van der Waals surface area contributed by atoms with Gasteiger partial charge in [-0.2, -0.15) is 5.10 Å². The van der Waals surface area contributed by atoms with Crippen molar-refractivity contribution in [3.63, 3.8) is 0 Å². The molecular weight excluding hydrogens is 442 g/mol. The highest BCUT2D eigenvalue weighted by Crippen LogP contribution is 2.23. The number of carbonyl (C=O) groups is 1. The third-order valence-corrected chi connectivity index (χ3v) is 5.69. The molecule has 0 aliphatic rings. The number of hydrazone groups is 1. The molecule has 0 aliphatic heterocycles. The fraction of sp³-hybridized carbons (Fsp3) is 0.0435. The molecule has 0 aliphatic carbocycles.